The maximum atomic E-state index is 13.6. The van der Waals surface area contributed by atoms with Crippen molar-refractivity contribution in [2.45, 2.75) is 19.5 Å². The van der Waals surface area contributed by atoms with Crippen molar-refractivity contribution in [2.75, 3.05) is 13.1 Å². The molecule has 0 bridgehead atoms. The predicted octanol–water partition coefficient (Wildman–Crippen LogP) is 1.80. The van der Waals surface area contributed by atoms with Gasteiger partial charge in [-0.1, -0.05) is 12.1 Å². The lowest BCUT2D eigenvalue weighted by molar-refractivity contribution is 0.171. The highest BCUT2D eigenvalue weighted by atomic mass is 19.1. The molecule has 2 N–H and O–H groups in total. The second-order valence-electron chi connectivity index (χ2n) is 4.17. The summed E-state index contributed by atoms with van der Waals surface area (Å²) in [5.41, 5.74) is 1.31. The minimum Gasteiger partial charge on any atom is -0.465 e. The third kappa shape index (κ3) is 2.94. The molecule has 0 aliphatic carbocycles. The molecule has 17 heavy (non-hydrogen) atoms. The van der Waals surface area contributed by atoms with Gasteiger partial charge in [0.15, 0.2) is 0 Å². The summed E-state index contributed by atoms with van der Waals surface area (Å²) >= 11 is 0. The van der Waals surface area contributed by atoms with Crippen molar-refractivity contribution in [3.63, 3.8) is 0 Å². The van der Waals surface area contributed by atoms with Gasteiger partial charge in [-0.15, -0.1) is 0 Å². The molecule has 5 heteroatoms. The molecular weight excluding hydrogens is 223 g/mol. The largest absolute Gasteiger partial charge is 0.465 e. The number of hydrogen-bond acceptors (Lipinski definition) is 2. The molecule has 1 fully saturated rings. The Labute approximate surface area is 99.0 Å². The lowest BCUT2D eigenvalue weighted by atomic mass is 10.0. The molecule has 0 radical (unpaired) electrons. The van der Waals surface area contributed by atoms with Crippen molar-refractivity contribution >= 4 is 6.09 Å². The summed E-state index contributed by atoms with van der Waals surface area (Å²) in [6.07, 6.45) is 0.0426. The third-order valence-electron chi connectivity index (χ3n) is 2.97. The zero-order valence-electron chi connectivity index (χ0n) is 9.45. The third-order valence-corrected chi connectivity index (χ3v) is 2.97. The van der Waals surface area contributed by atoms with E-state index < -0.39 is 6.09 Å². The van der Waals surface area contributed by atoms with Gasteiger partial charge in [0.25, 0.3) is 0 Å². The van der Waals surface area contributed by atoms with Gasteiger partial charge in [-0.3, -0.25) is 4.90 Å². The molecule has 1 aromatic carbocycles. The van der Waals surface area contributed by atoms with E-state index in [1.807, 2.05) is 6.07 Å². The molecular formula is C12H15FN2O2. The SMILES string of the molecule is O=C(O)NCc1c(F)cccc1CN1CCC1. The van der Waals surface area contributed by atoms with Gasteiger partial charge in [-0.2, -0.15) is 0 Å². The maximum absolute atomic E-state index is 13.6. The Bertz CT molecular complexity index is 419. The van der Waals surface area contributed by atoms with E-state index in [-0.39, 0.29) is 12.4 Å². The fraction of sp³-hybridized carbons (Fsp3) is 0.417. The Kier molecular flexibility index (Phi) is 3.58. The number of benzene rings is 1. The Balaban J connectivity index is 2.11. The number of carbonyl (C=O) groups is 1. The molecule has 0 aromatic heterocycles. The maximum Gasteiger partial charge on any atom is 0.404 e. The second-order valence-corrected chi connectivity index (χ2v) is 4.17. The zero-order valence-corrected chi connectivity index (χ0v) is 9.45. The lowest BCUT2D eigenvalue weighted by Gasteiger charge is -2.31. The van der Waals surface area contributed by atoms with E-state index in [4.69, 9.17) is 5.11 Å². The number of nitrogens with zero attached hydrogens (tertiary/aromatic N) is 1. The molecule has 1 aliphatic rings. The average Bonchev–Trinajstić information content (AvgIpc) is 2.22. The Morgan fingerprint density at radius 3 is 2.82 bits per heavy atom. The van der Waals surface area contributed by atoms with Crippen LogP contribution in [0.1, 0.15) is 17.5 Å². The standard InChI is InChI=1S/C12H15FN2O2/c13-11-4-1-3-9(8-15-5-2-6-15)10(11)7-14-12(16)17/h1,3-4,14H,2,5-8H2,(H,16,17). The summed E-state index contributed by atoms with van der Waals surface area (Å²) in [6, 6.07) is 4.87. The Hall–Kier alpha value is -1.62. The van der Waals surface area contributed by atoms with Gasteiger partial charge in [-0.05, 0) is 31.1 Å². The Morgan fingerprint density at radius 1 is 1.47 bits per heavy atom. The summed E-state index contributed by atoms with van der Waals surface area (Å²) in [4.78, 5) is 12.6. The van der Waals surface area contributed by atoms with Gasteiger partial charge < -0.3 is 10.4 Å². The average molecular weight is 238 g/mol. The molecule has 1 saturated heterocycles. The van der Waals surface area contributed by atoms with Crippen molar-refractivity contribution in [2.24, 2.45) is 0 Å². The highest BCUT2D eigenvalue weighted by molar-refractivity contribution is 5.64. The van der Waals surface area contributed by atoms with E-state index in [1.165, 1.54) is 12.5 Å². The van der Waals surface area contributed by atoms with Gasteiger partial charge >= 0.3 is 6.09 Å². The predicted molar refractivity (Wildman–Crippen MR) is 61.2 cm³/mol. The zero-order chi connectivity index (χ0) is 12.3. The normalized spacial score (nSPS) is 15.4. The lowest BCUT2D eigenvalue weighted by Crippen LogP contribution is -2.36. The number of carboxylic acid groups (broad SMARTS) is 1. The van der Waals surface area contributed by atoms with Crippen molar-refractivity contribution in [1.82, 2.24) is 10.2 Å². The van der Waals surface area contributed by atoms with Crippen LogP contribution < -0.4 is 5.32 Å². The van der Waals surface area contributed by atoms with E-state index in [1.54, 1.807) is 6.07 Å². The van der Waals surface area contributed by atoms with Gasteiger partial charge in [0, 0.05) is 18.7 Å². The van der Waals surface area contributed by atoms with Gasteiger partial charge in [0.2, 0.25) is 0 Å². The van der Waals surface area contributed by atoms with Crippen LogP contribution >= 0.6 is 0 Å². The molecule has 92 valence electrons. The van der Waals surface area contributed by atoms with E-state index in [2.05, 4.69) is 10.2 Å². The smallest absolute Gasteiger partial charge is 0.404 e. The molecule has 2 rings (SSSR count). The summed E-state index contributed by atoms with van der Waals surface area (Å²) in [5.74, 6) is -0.350. The molecule has 1 aromatic rings. The van der Waals surface area contributed by atoms with Crippen molar-refractivity contribution < 1.29 is 14.3 Å². The van der Waals surface area contributed by atoms with Crippen LogP contribution in [0.2, 0.25) is 0 Å². The molecule has 0 unspecified atom stereocenters. The molecule has 0 atom stereocenters. The van der Waals surface area contributed by atoms with Crippen LogP contribution in [0.5, 0.6) is 0 Å². The van der Waals surface area contributed by atoms with Crippen LogP contribution in [0.25, 0.3) is 0 Å². The highest BCUT2D eigenvalue weighted by Gasteiger charge is 2.17. The van der Waals surface area contributed by atoms with E-state index in [9.17, 15) is 9.18 Å². The number of hydrogen-bond donors (Lipinski definition) is 2. The first kappa shape index (κ1) is 11.9. The van der Waals surface area contributed by atoms with Gasteiger partial charge in [0.05, 0.1) is 0 Å². The summed E-state index contributed by atoms with van der Waals surface area (Å²) in [5, 5.41) is 10.8. The van der Waals surface area contributed by atoms with Gasteiger partial charge in [0.1, 0.15) is 5.82 Å². The monoisotopic (exact) mass is 238 g/mol. The first-order valence-electron chi connectivity index (χ1n) is 5.62. The number of amides is 1. The Morgan fingerprint density at radius 2 is 2.24 bits per heavy atom. The summed E-state index contributed by atoms with van der Waals surface area (Å²) < 4.78 is 13.6. The fourth-order valence-corrected chi connectivity index (χ4v) is 1.89. The number of nitrogens with one attached hydrogen (secondary N) is 1. The first-order valence-corrected chi connectivity index (χ1v) is 5.62. The van der Waals surface area contributed by atoms with Crippen molar-refractivity contribution in [1.29, 1.82) is 0 Å². The van der Waals surface area contributed by atoms with Gasteiger partial charge in [-0.25, -0.2) is 9.18 Å². The van der Waals surface area contributed by atoms with Crippen LogP contribution in [0.3, 0.4) is 0 Å². The number of likely N-dealkylation sites (tertiary alicyclic amines) is 1. The molecule has 1 aliphatic heterocycles. The molecule has 0 spiro atoms. The highest BCUT2D eigenvalue weighted by Crippen LogP contribution is 2.18. The first-order chi connectivity index (χ1) is 8.16. The quantitative estimate of drug-likeness (QED) is 0.841. The van der Waals surface area contributed by atoms with E-state index >= 15 is 0 Å². The van der Waals surface area contributed by atoms with Crippen LogP contribution in [0, 0.1) is 5.82 Å². The number of halogens is 1. The fourth-order valence-electron chi connectivity index (χ4n) is 1.89. The second kappa shape index (κ2) is 5.14. The van der Waals surface area contributed by atoms with E-state index in [0.29, 0.717) is 12.1 Å². The number of rotatable bonds is 4. The summed E-state index contributed by atoms with van der Waals surface area (Å²) in [6.45, 7) is 2.77. The topological polar surface area (TPSA) is 52.6 Å². The molecule has 1 heterocycles. The minimum atomic E-state index is -1.14. The minimum absolute atomic E-state index is 0.0190. The van der Waals surface area contributed by atoms with Crippen LogP contribution in [0.15, 0.2) is 18.2 Å². The molecule has 1 amide bonds. The van der Waals surface area contributed by atoms with Crippen molar-refractivity contribution in [3.05, 3.63) is 35.1 Å². The molecule has 4 nitrogen and oxygen atoms in total. The van der Waals surface area contributed by atoms with Crippen LogP contribution in [-0.2, 0) is 13.1 Å². The van der Waals surface area contributed by atoms with Crippen LogP contribution in [0.4, 0.5) is 9.18 Å². The summed E-state index contributed by atoms with van der Waals surface area (Å²) in [7, 11) is 0. The van der Waals surface area contributed by atoms with Crippen LogP contribution in [-0.4, -0.2) is 29.2 Å². The van der Waals surface area contributed by atoms with Crippen molar-refractivity contribution in [3.8, 4) is 0 Å². The molecule has 0 saturated carbocycles. The van der Waals surface area contributed by atoms with E-state index in [0.717, 1.165) is 18.7 Å².